The smallest absolute Gasteiger partial charge is 0.214 e. The molecule has 4 aromatic rings. The summed E-state index contributed by atoms with van der Waals surface area (Å²) in [5.74, 6) is 0. The number of halogens is 6. The largest absolute Gasteiger partial charge is 2.00 e. The Morgan fingerprint density at radius 2 is 1.00 bits per heavy atom. The SMILES string of the molecule is CC(c1cc[cH-]c1P(c1ccc(C(F)(F)F)cc1)c1ccc(C(F)(F)F)cc1)P(C(C)(C)C)C(C)(C)C.[Fe+2].c1cc[cH-]c1. The van der Waals surface area contributed by atoms with Gasteiger partial charge >= 0.3 is 29.4 Å². The number of alkyl halides is 6. The van der Waals surface area contributed by atoms with Crippen LogP contribution in [0.25, 0.3) is 0 Å². The summed E-state index contributed by atoms with van der Waals surface area (Å²) in [4.78, 5) is 0. The number of hydrogen-bond donors (Lipinski definition) is 0. The molecule has 0 amide bonds. The summed E-state index contributed by atoms with van der Waals surface area (Å²) >= 11 is 0. The number of hydrogen-bond acceptors (Lipinski definition) is 0. The fraction of sp³-hybridized carbons (Fsp3) is 0.353. The first kappa shape index (κ1) is 37.3. The van der Waals surface area contributed by atoms with E-state index in [1.807, 2.05) is 42.5 Å². The van der Waals surface area contributed by atoms with Crippen LogP contribution >= 0.6 is 15.8 Å². The molecule has 0 nitrogen and oxygen atoms in total. The van der Waals surface area contributed by atoms with Gasteiger partial charge in [0.2, 0.25) is 0 Å². The molecule has 0 heterocycles. The molecule has 4 aromatic carbocycles. The molecule has 0 bridgehead atoms. The van der Waals surface area contributed by atoms with Gasteiger partial charge in [0.1, 0.15) is 0 Å². The van der Waals surface area contributed by atoms with E-state index in [0.717, 1.165) is 35.1 Å². The van der Waals surface area contributed by atoms with E-state index in [1.165, 1.54) is 24.3 Å². The van der Waals surface area contributed by atoms with E-state index in [0.29, 0.717) is 10.6 Å². The van der Waals surface area contributed by atoms with E-state index in [4.69, 9.17) is 0 Å². The first-order valence-electron chi connectivity index (χ1n) is 13.7. The van der Waals surface area contributed by atoms with Crippen LogP contribution < -0.4 is 15.9 Å². The zero-order chi connectivity index (χ0) is 31.5. The molecular formula is C34H38F6FeP2. The third-order valence-corrected chi connectivity index (χ3v) is 13.3. The minimum Gasteiger partial charge on any atom is -0.214 e. The molecule has 0 aliphatic heterocycles. The first-order chi connectivity index (χ1) is 19.3. The van der Waals surface area contributed by atoms with E-state index in [-0.39, 0.29) is 33.0 Å². The number of rotatable bonds is 5. The monoisotopic (exact) mass is 678 g/mol. The van der Waals surface area contributed by atoms with Crippen LogP contribution in [0.4, 0.5) is 26.3 Å². The zero-order valence-corrected chi connectivity index (χ0v) is 28.2. The van der Waals surface area contributed by atoms with E-state index in [9.17, 15) is 26.3 Å². The van der Waals surface area contributed by atoms with Gasteiger partial charge in [-0.2, -0.15) is 62.2 Å². The molecule has 0 radical (unpaired) electrons. The molecule has 234 valence electrons. The maximum absolute atomic E-state index is 13.3. The Hall–Kier alpha value is -1.90. The Bertz CT molecular complexity index is 1280. The second-order valence-corrected chi connectivity index (χ2v) is 18.5. The molecule has 9 heteroatoms. The predicted octanol–water partition coefficient (Wildman–Crippen LogP) is 10.7. The molecule has 0 aliphatic rings. The molecule has 0 spiro atoms. The van der Waals surface area contributed by atoms with E-state index in [1.54, 1.807) is 0 Å². The van der Waals surface area contributed by atoms with E-state index < -0.39 is 39.3 Å². The summed E-state index contributed by atoms with van der Waals surface area (Å²) in [6.45, 7) is 15.6. The van der Waals surface area contributed by atoms with Crippen LogP contribution in [-0.2, 0) is 29.4 Å². The van der Waals surface area contributed by atoms with Gasteiger partial charge in [-0.25, -0.2) is 18.2 Å². The summed E-state index contributed by atoms with van der Waals surface area (Å²) in [5, 5.41) is 2.37. The summed E-state index contributed by atoms with van der Waals surface area (Å²) in [5.41, 5.74) is -0.215. The van der Waals surface area contributed by atoms with Crippen molar-refractivity contribution in [2.24, 2.45) is 0 Å². The molecule has 0 aliphatic carbocycles. The Morgan fingerprint density at radius 1 is 0.605 bits per heavy atom. The Balaban J connectivity index is 0.000000973. The standard InChI is InChI=1S/C29H33F6P2.C5H5.Fe/c1-19(37(26(2,3)4)27(5,6)7)24-9-8-10-25(24)36(22-15-11-20(12-16-22)28(30,31)32)23-17-13-21(14-18-23)29(33,34)35;1-2-4-5-3-1;/h8-19H,1-7H3;1-5H;/q2*-1;+2. The molecule has 0 N–H and O–H groups in total. The van der Waals surface area contributed by atoms with Crippen molar-refractivity contribution in [3.8, 4) is 0 Å². The summed E-state index contributed by atoms with van der Waals surface area (Å²) in [6.07, 6.45) is -8.93. The van der Waals surface area contributed by atoms with Gasteiger partial charge in [0.05, 0.1) is 11.1 Å². The quantitative estimate of drug-likeness (QED) is 0.0853. The van der Waals surface area contributed by atoms with Gasteiger partial charge in [-0.05, 0) is 53.1 Å². The van der Waals surface area contributed by atoms with Crippen LogP contribution in [0, 0.1) is 0 Å². The van der Waals surface area contributed by atoms with Gasteiger partial charge in [0.25, 0.3) is 0 Å². The maximum Gasteiger partial charge on any atom is 2.00 e. The van der Waals surface area contributed by atoms with Crippen molar-refractivity contribution < 1.29 is 43.4 Å². The van der Waals surface area contributed by atoms with Gasteiger partial charge in [-0.15, -0.1) is 13.2 Å². The fourth-order valence-electron chi connectivity index (χ4n) is 5.64. The van der Waals surface area contributed by atoms with E-state index in [2.05, 4.69) is 54.5 Å². The molecule has 0 saturated carbocycles. The van der Waals surface area contributed by atoms with Crippen LogP contribution in [0.1, 0.15) is 70.8 Å². The van der Waals surface area contributed by atoms with Crippen LogP contribution in [0.15, 0.2) is 97.1 Å². The van der Waals surface area contributed by atoms with Crippen molar-refractivity contribution >= 4 is 31.8 Å². The normalized spacial score (nSPS) is 13.4. The molecule has 0 aromatic heterocycles. The van der Waals surface area contributed by atoms with E-state index >= 15 is 0 Å². The van der Waals surface area contributed by atoms with Crippen LogP contribution in [-0.4, -0.2) is 10.3 Å². The van der Waals surface area contributed by atoms with Crippen molar-refractivity contribution in [2.75, 3.05) is 0 Å². The Morgan fingerprint density at radius 3 is 1.30 bits per heavy atom. The third-order valence-electron chi connectivity index (χ3n) is 6.81. The fourth-order valence-corrected chi connectivity index (χ4v) is 13.1. The van der Waals surface area contributed by atoms with Crippen molar-refractivity contribution in [3.05, 3.63) is 114 Å². The minimum atomic E-state index is -4.47. The molecule has 4 rings (SSSR count). The zero-order valence-electron chi connectivity index (χ0n) is 25.3. The summed E-state index contributed by atoms with van der Waals surface area (Å²) in [6, 6.07) is 26.1. The van der Waals surface area contributed by atoms with Gasteiger partial charge in [0, 0.05) is 0 Å². The van der Waals surface area contributed by atoms with Gasteiger partial charge in [-0.1, -0.05) is 78.4 Å². The average molecular weight is 678 g/mol. The third kappa shape index (κ3) is 9.79. The van der Waals surface area contributed by atoms with Crippen molar-refractivity contribution in [1.29, 1.82) is 0 Å². The topological polar surface area (TPSA) is 0 Å². The van der Waals surface area contributed by atoms with Crippen molar-refractivity contribution in [1.82, 2.24) is 0 Å². The average Bonchev–Trinajstić information content (AvgIpc) is 3.58. The van der Waals surface area contributed by atoms with Crippen molar-refractivity contribution in [3.63, 3.8) is 0 Å². The maximum atomic E-state index is 13.3. The van der Waals surface area contributed by atoms with Gasteiger partial charge in [0.15, 0.2) is 0 Å². The predicted molar refractivity (Wildman–Crippen MR) is 168 cm³/mol. The van der Waals surface area contributed by atoms with Gasteiger partial charge in [-0.3, -0.25) is 0 Å². The summed E-state index contributed by atoms with van der Waals surface area (Å²) < 4.78 is 79.5. The van der Waals surface area contributed by atoms with Gasteiger partial charge < -0.3 is 0 Å². The second-order valence-electron chi connectivity index (χ2n) is 12.1. The van der Waals surface area contributed by atoms with Crippen molar-refractivity contribution in [2.45, 2.75) is 76.8 Å². The molecular weight excluding hydrogens is 640 g/mol. The number of benzene rings is 2. The second kappa shape index (κ2) is 14.5. The molecule has 0 fully saturated rings. The summed E-state index contributed by atoms with van der Waals surface area (Å²) in [7, 11) is -1.94. The van der Waals surface area contributed by atoms with Crippen LogP contribution in [0.5, 0.6) is 0 Å². The molecule has 1 atom stereocenters. The molecule has 43 heavy (non-hydrogen) atoms. The Labute approximate surface area is 265 Å². The molecule has 0 saturated heterocycles. The van der Waals surface area contributed by atoms with Crippen LogP contribution in [0.2, 0.25) is 0 Å². The minimum absolute atomic E-state index is 0. The van der Waals surface area contributed by atoms with Crippen LogP contribution in [0.3, 0.4) is 0 Å². The molecule has 1 unspecified atom stereocenters. The Kier molecular flexibility index (Phi) is 12.5. The first-order valence-corrected chi connectivity index (χ1v) is 16.4.